The van der Waals surface area contributed by atoms with Crippen molar-refractivity contribution in [2.45, 2.75) is 32.6 Å². The normalized spacial score (nSPS) is 11.4. The first-order valence-corrected chi connectivity index (χ1v) is 14.0. The lowest BCUT2D eigenvalue weighted by Crippen LogP contribution is -2.23. The first kappa shape index (κ1) is 29.4. The number of rotatable bonds is 12. The molecule has 0 saturated carbocycles. The second-order valence-electron chi connectivity index (χ2n) is 6.59. The maximum atomic E-state index is 11.7. The van der Waals surface area contributed by atoms with Crippen molar-refractivity contribution >= 4 is 29.3 Å². The molecule has 0 atom stereocenters. The molecule has 0 aromatic heterocycles. The van der Waals surface area contributed by atoms with Gasteiger partial charge in [0.05, 0.1) is 60.9 Å². The van der Waals surface area contributed by atoms with Crippen LogP contribution in [0.15, 0.2) is 23.1 Å². The standard InChI is InChI=1S/C12H14O9S.C8H20P/c13-1-2-20-3-4-21-12(16)9-5-8(11(14)15)6-10(7-9)22(17,18)19;1-5-9(6-2,7-3)8-4/h5-7,13H,1-4H2,(H,14,15)(H,17,18,19);5-8H2,1-4H3/q;+1/p-1. The molecule has 0 aliphatic rings. The molecule has 0 amide bonds. The van der Waals surface area contributed by atoms with Crippen molar-refractivity contribution in [3.05, 3.63) is 29.3 Å². The maximum Gasteiger partial charge on any atom is 0.338 e. The molecule has 1 aromatic rings. The molecule has 0 aliphatic heterocycles. The largest absolute Gasteiger partial charge is 0.545 e. The molecule has 31 heavy (non-hydrogen) atoms. The summed E-state index contributed by atoms with van der Waals surface area (Å²) in [6.07, 6.45) is 5.82. The predicted molar refractivity (Wildman–Crippen MR) is 118 cm³/mol. The minimum atomic E-state index is -4.70. The van der Waals surface area contributed by atoms with Gasteiger partial charge in [0.2, 0.25) is 0 Å². The van der Waals surface area contributed by atoms with Crippen molar-refractivity contribution in [3.63, 3.8) is 0 Å². The highest BCUT2D eigenvalue weighted by molar-refractivity contribution is 7.85. The molecular formula is C20H33O9PS. The quantitative estimate of drug-likeness (QED) is 0.196. The third-order valence-corrected chi connectivity index (χ3v) is 11.3. The van der Waals surface area contributed by atoms with Crippen molar-refractivity contribution in [1.29, 1.82) is 0 Å². The summed E-state index contributed by atoms with van der Waals surface area (Å²) in [6.45, 7) is 9.08. The number of carboxylic acid groups (broad SMARTS) is 1. The number of aromatic carboxylic acids is 1. The number of hydrogen-bond donors (Lipinski definition) is 2. The second kappa shape index (κ2) is 14.5. The number of carboxylic acids is 1. The molecule has 0 fully saturated rings. The third-order valence-electron chi connectivity index (χ3n) is 5.06. The molecule has 0 bridgehead atoms. The fourth-order valence-electron chi connectivity index (χ4n) is 2.77. The molecule has 0 spiro atoms. The zero-order chi connectivity index (χ0) is 24.1. The Morgan fingerprint density at radius 2 is 1.45 bits per heavy atom. The van der Waals surface area contributed by atoms with E-state index in [2.05, 4.69) is 27.7 Å². The van der Waals surface area contributed by atoms with Gasteiger partial charge in [-0.1, -0.05) is 0 Å². The van der Waals surface area contributed by atoms with E-state index in [-0.39, 0.29) is 32.0 Å². The highest BCUT2D eigenvalue weighted by Gasteiger charge is 2.27. The number of carbonyl (C=O) groups is 2. The lowest BCUT2D eigenvalue weighted by atomic mass is 10.1. The van der Waals surface area contributed by atoms with Crippen molar-refractivity contribution < 1.29 is 42.2 Å². The van der Waals surface area contributed by atoms with Crippen LogP contribution in [0.4, 0.5) is 0 Å². The van der Waals surface area contributed by atoms with E-state index in [4.69, 9.17) is 19.1 Å². The van der Waals surface area contributed by atoms with E-state index >= 15 is 0 Å². The van der Waals surface area contributed by atoms with Crippen LogP contribution in [0.3, 0.4) is 0 Å². The summed E-state index contributed by atoms with van der Waals surface area (Å²) in [6, 6.07) is 2.30. The summed E-state index contributed by atoms with van der Waals surface area (Å²) in [7, 11) is -5.12. The highest BCUT2D eigenvalue weighted by atomic mass is 32.2. The van der Waals surface area contributed by atoms with Gasteiger partial charge in [-0.2, -0.15) is 8.42 Å². The van der Waals surface area contributed by atoms with Gasteiger partial charge in [0.1, 0.15) is 6.61 Å². The van der Waals surface area contributed by atoms with Crippen LogP contribution in [0.2, 0.25) is 0 Å². The van der Waals surface area contributed by atoms with Gasteiger partial charge < -0.3 is 24.5 Å². The van der Waals surface area contributed by atoms with Gasteiger partial charge in [-0.3, -0.25) is 4.55 Å². The van der Waals surface area contributed by atoms with Crippen LogP contribution in [0.25, 0.3) is 0 Å². The number of aliphatic hydroxyl groups excluding tert-OH is 1. The minimum absolute atomic E-state index is 0.00235. The van der Waals surface area contributed by atoms with Gasteiger partial charge in [0, 0.05) is 7.26 Å². The summed E-state index contributed by atoms with van der Waals surface area (Å²) < 4.78 is 40.6. The fourth-order valence-corrected chi connectivity index (χ4v) is 6.00. The molecule has 0 saturated heterocycles. The summed E-state index contributed by atoms with van der Waals surface area (Å²) in [5.74, 6) is -2.72. The van der Waals surface area contributed by atoms with Crippen LogP contribution >= 0.6 is 7.26 Å². The molecule has 178 valence electrons. The average Bonchev–Trinajstić information content (AvgIpc) is 2.75. The lowest BCUT2D eigenvalue weighted by molar-refractivity contribution is -0.255. The summed E-state index contributed by atoms with van der Waals surface area (Å²) in [5, 5.41) is 19.3. The monoisotopic (exact) mass is 480 g/mol. The number of benzene rings is 1. The Bertz CT molecular complexity index is 787. The number of hydrogen-bond acceptors (Lipinski definition) is 8. The average molecular weight is 481 g/mol. The zero-order valence-corrected chi connectivity index (χ0v) is 20.2. The number of esters is 1. The topological polar surface area (TPSA) is 150 Å². The van der Waals surface area contributed by atoms with E-state index in [0.29, 0.717) is 6.07 Å². The maximum absolute atomic E-state index is 11.7. The SMILES string of the molecule is CC[P+](CC)(CC)CC.O=C([O-])c1cc(C(=O)OCCOCCO)cc(S(=O)(=O)O)c1. The molecule has 2 N–H and O–H groups in total. The Morgan fingerprint density at radius 1 is 0.935 bits per heavy atom. The highest BCUT2D eigenvalue weighted by Crippen LogP contribution is 2.57. The van der Waals surface area contributed by atoms with Crippen LogP contribution < -0.4 is 5.11 Å². The Morgan fingerprint density at radius 3 is 1.84 bits per heavy atom. The van der Waals surface area contributed by atoms with Gasteiger partial charge in [0.15, 0.2) is 0 Å². The summed E-state index contributed by atoms with van der Waals surface area (Å²) >= 11 is 0. The van der Waals surface area contributed by atoms with Gasteiger partial charge in [-0.15, -0.1) is 0 Å². The van der Waals surface area contributed by atoms with E-state index < -0.39 is 39.8 Å². The third kappa shape index (κ3) is 10.5. The second-order valence-corrected chi connectivity index (χ2v) is 13.2. The van der Waals surface area contributed by atoms with Crippen LogP contribution in [-0.4, -0.2) is 81.1 Å². The Kier molecular flexibility index (Phi) is 13.7. The van der Waals surface area contributed by atoms with Crippen LogP contribution in [0.5, 0.6) is 0 Å². The van der Waals surface area contributed by atoms with Crippen LogP contribution in [0.1, 0.15) is 48.4 Å². The molecule has 0 unspecified atom stereocenters. The van der Waals surface area contributed by atoms with E-state index in [0.717, 1.165) is 12.1 Å². The Hall–Kier alpha value is -1.58. The molecular weight excluding hydrogens is 447 g/mol. The smallest absolute Gasteiger partial charge is 0.338 e. The molecule has 1 rings (SSSR count). The zero-order valence-electron chi connectivity index (χ0n) is 18.5. The van der Waals surface area contributed by atoms with Crippen molar-refractivity contribution in [2.75, 3.05) is 51.1 Å². The van der Waals surface area contributed by atoms with Crippen molar-refractivity contribution in [3.8, 4) is 0 Å². The lowest BCUT2D eigenvalue weighted by Gasteiger charge is -2.20. The van der Waals surface area contributed by atoms with Crippen LogP contribution in [-0.2, 0) is 19.6 Å². The van der Waals surface area contributed by atoms with Gasteiger partial charge in [-0.25, -0.2) is 4.79 Å². The molecule has 0 radical (unpaired) electrons. The number of carbonyl (C=O) groups excluding carboxylic acids is 2. The molecule has 0 aliphatic carbocycles. The molecule has 11 heteroatoms. The Balaban J connectivity index is 0.000000842. The van der Waals surface area contributed by atoms with Gasteiger partial charge in [-0.05, 0) is 51.5 Å². The van der Waals surface area contributed by atoms with Crippen molar-refractivity contribution in [1.82, 2.24) is 0 Å². The molecule has 9 nitrogen and oxygen atoms in total. The van der Waals surface area contributed by atoms with Gasteiger partial charge in [0.25, 0.3) is 10.1 Å². The number of aliphatic hydroxyl groups is 1. The first-order valence-electron chi connectivity index (χ1n) is 10.0. The van der Waals surface area contributed by atoms with E-state index in [1.165, 1.54) is 24.6 Å². The van der Waals surface area contributed by atoms with Crippen molar-refractivity contribution in [2.24, 2.45) is 0 Å². The van der Waals surface area contributed by atoms with E-state index in [1.54, 1.807) is 0 Å². The van der Waals surface area contributed by atoms with Crippen LogP contribution in [0, 0.1) is 0 Å². The van der Waals surface area contributed by atoms with E-state index in [9.17, 15) is 23.1 Å². The summed E-state index contributed by atoms with van der Waals surface area (Å²) in [4.78, 5) is 21.8. The minimum Gasteiger partial charge on any atom is -0.545 e. The summed E-state index contributed by atoms with van der Waals surface area (Å²) in [5.41, 5.74) is -0.977. The van der Waals surface area contributed by atoms with E-state index in [1.807, 2.05) is 0 Å². The van der Waals surface area contributed by atoms with Gasteiger partial charge >= 0.3 is 5.97 Å². The fraction of sp³-hybridized carbons (Fsp3) is 0.600. The molecule has 1 aromatic carbocycles. The Labute approximate surface area is 184 Å². The first-order chi connectivity index (χ1) is 14.5. The number of ether oxygens (including phenoxy) is 2. The predicted octanol–water partition coefficient (Wildman–Crippen LogP) is 1.55. The molecule has 0 heterocycles.